The number of nitrogens with zero attached hydrogens (tertiary/aromatic N) is 1. The van der Waals surface area contributed by atoms with Crippen molar-refractivity contribution in [3.05, 3.63) is 50.9 Å². The third-order valence-electron chi connectivity index (χ3n) is 2.45. The first-order valence-corrected chi connectivity index (χ1v) is 6.25. The van der Waals surface area contributed by atoms with Crippen LogP contribution in [0.4, 0.5) is 0 Å². The molecule has 0 saturated heterocycles. The second-order valence-corrected chi connectivity index (χ2v) is 5.29. The molecule has 0 radical (unpaired) electrons. The zero-order valence-electron chi connectivity index (χ0n) is 9.20. The van der Waals surface area contributed by atoms with Crippen molar-refractivity contribution in [3.8, 4) is 0 Å². The molecule has 0 saturated carbocycles. The summed E-state index contributed by atoms with van der Waals surface area (Å²) < 4.78 is 0. The van der Waals surface area contributed by atoms with E-state index in [1.807, 2.05) is 13.1 Å². The highest BCUT2D eigenvalue weighted by atomic mass is 35.5. The number of aryl methyl sites for hydroxylation is 1. The molecule has 0 fully saturated rings. The minimum atomic E-state index is 0.147. The van der Waals surface area contributed by atoms with Gasteiger partial charge < -0.3 is 5.32 Å². The smallest absolute Gasteiger partial charge is 0.0684 e. The van der Waals surface area contributed by atoms with Crippen LogP contribution in [0, 0.1) is 6.92 Å². The molecule has 0 aromatic carbocycles. The number of halogens is 1. The molecule has 2 aromatic heterocycles. The van der Waals surface area contributed by atoms with Crippen LogP contribution in [-0.2, 0) is 0 Å². The summed E-state index contributed by atoms with van der Waals surface area (Å²) >= 11 is 7.94. The minimum Gasteiger partial charge on any atom is -0.309 e. The zero-order chi connectivity index (χ0) is 11.5. The molecule has 0 spiro atoms. The monoisotopic (exact) mass is 252 g/mol. The topological polar surface area (TPSA) is 24.9 Å². The minimum absolute atomic E-state index is 0.147. The predicted molar refractivity (Wildman–Crippen MR) is 69.2 cm³/mol. The van der Waals surface area contributed by atoms with Gasteiger partial charge in [0.1, 0.15) is 0 Å². The van der Waals surface area contributed by atoms with Crippen LogP contribution in [0.2, 0.25) is 5.02 Å². The van der Waals surface area contributed by atoms with Crippen LogP contribution in [0.3, 0.4) is 0 Å². The zero-order valence-corrected chi connectivity index (χ0v) is 10.8. The SMILES string of the molecule is CNC(c1ccc(C)s1)c1ccncc1Cl. The molecule has 2 rings (SSSR count). The molecule has 0 aliphatic heterocycles. The first kappa shape index (κ1) is 11.6. The number of hydrogen-bond acceptors (Lipinski definition) is 3. The first-order valence-electron chi connectivity index (χ1n) is 5.05. The summed E-state index contributed by atoms with van der Waals surface area (Å²) in [6, 6.07) is 6.37. The maximum atomic E-state index is 6.16. The van der Waals surface area contributed by atoms with E-state index in [-0.39, 0.29) is 6.04 Å². The average molecular weight is 253 g/mol. The van der Waals surface area contributed by atoms with E-state index in [0.717, 1.165) is 5.56 Å². The lowest BCUT2D eigenvalue weighted by Gasteiger charge is -2.15. The summed E-state index contributed by atoms with van der Waals surface area (Å²) in [7, 11) is 1.94. The Morgan fingerprint density at radius 3 is 2.75 bits per heavy atom. The Bertz CT molecular complexity index is 481. The highest BCUT2D eigenvalue weighted by molar-refractivity contribution is 7.12. The summed E-state index contributed by atoms with van der Waals surface area (Å²) in [6.07, 6.45) is 3.45. The molecule has 2 nitrogen and oxygen atoms in total. The number of rotatable bonds is 3. The van der Waals surface area contributed by atoms with Gasteiger partial charge in [-0.2, -0.15) is 0 Å². The molecule has 1 atom stereocenters. The third kappa shape index (κ3) is 2.26. The fourth-order valence-corrected chi connectivity index (χ4v) is 2.91. The molecular formula is C12H13ClN2S. The number of aromatic nitrogens is 1. The third-order valence-corrected chi connectivity index (χ3v) is 3.83. The molecule has 0 aliphatic carbocycles. The van der Waals surface area contributed by atoms with Gasteiger partial charge in [0.15, 0.2) is 0 Å². The second-order valence-electron chi connectivity index (χ2n) is 3.57. The highest BCUT2D eigenvalue weighted by Gasteiger charge is 2.16. The first-order chi connectivity index (χ1) is 7.72. The van der Waals surface area contributed by atoms with Crippen LogP contribution in [-0.4, -0.2) is 12.0 Å². The van der Waals surface area contributed by atoms with E-state index in [1.165, 1.54) is 9.75 Å². The van der Waals surface area contributed by atoms with E-state index in [1.54, 1.807) is 23.7 Å². The summed E-state index contributed by atoms with van der Waals surface area (Å²) in [6.45, 7) is 2.11. The molecule has 0 aliphatic rings. The molecule has 84 valence electrons. The molecule has 4 heteroatoms. The van der Waals surface area contributed by atoms with Crippen LogP contribution < -0.4 is 5.32 Å². The van der Waals surface area contributed by atoms with Gasteiger partial charge in [-0.1, -0.05) is 11.6 Å². The van der Waals surface area contributed by atoms with Crippen LogP contribution in [0.15, 0.2) is 30.6 Å². The molecular weight excluding hydrogens is 240 g/mol. The lowest BCUT2D eigenvalue weighted by molar-refractivity contribution is 0.703. The van der Waals surface area contributed by atoms with Crippen molar-refractivity contribution in [2.45, 2.75) is 13.0 Å². The van der Waals surface area contributed by atoms with Gasteiger partial charge in [0, 0.05) is 22.1 Å². The van der Waals surface area contributed by atoms with E-state index < -0.39 is 0 Å². The van der Waals surface area contributed by atoms with Crippen molar-refractivity contribution < 1.29 is 0 Å². The van der Waals surface area contributed by atoms with Crippen LogP contribution in [0.25, 0.3) is 0 Å². The molecule has 16 heavy (non-hydrogen) atoms. The van der Waals surface area contributed by atoms with Crippen molar-refractivity contribution in [1.82, 2.24) is 10.3 Å². The van der Waals surface area contributed by atoms with Gasteiger partial charge >= 0.3 is 0 Å². The fraction of sp³-hybridized carbons (Fsp3) is 0.250. The molecule has 2 aromatic rings. The highest BCUT2D eigenvalue weighted by Crippen LogP contribution is 2.31. The maximum Gasteiger partial charge on any atom is 0.0684 e. The molecule has 1 N–H and O–H groups in total. The Morgan fingerprint density at radius 1 is 1.38 bits per heavy atom. The fourth-order valence-electron chi connectivity index (χ4n) is 1.68. The Labute approximate surface area is 104 Å². The molecule has 1 unspecified atom stereocenters. The lowest BCUT2D eigenvalue weighted by Crippen LogP contribution is -2.16. The van der Waals surface area contributed by atoms with E-state index in [0.29, 0.717) is 5.02 Å². The van der Waals surface area contributed by atoms with Crippen LogP contribution >= 0.6 is 22.9 Å². The summed E-state index contributed by atoms with van der Waals surface area (Å²) in [5.74, 6) is 0. The van der Waals surface area contributed by atoms with Gasteiger partial charge in [-0.3, -0.25) is 4.98 Å². The average Bonchev–Trinajstić information content (AvgIpc) is 2.69. The van der Waals surface area contributed by atoms with Gasteiger partial charge in [0.05, 0.1) is 11.1 Å². The molecule has 0 amide bonds. The van der Waals surface area contributed by atoms with Crippen molar-refractivity contribution in [2.24, 2.45) is 0 Å². The van der Waals surface area contributed by atoms with E-state index in [2.05, 4.69) is 29.4 Å². The van der Waals surface area contributed by atoms with Gasteiger partial charge in [0.25, 0.3) is 0 Å². The predicted octanol–water partition coefficient (Wildman–Crippen LogP) is 3.41. The number of nitrogens with one attached hydrogen (secondary N) is 1. The Morgan fingerprint density at radius 2 is 2.19 bits per heavy atom. The number of pyridine rings is 1. The van der Waals surface area contributed by atoms with Gasteiger partial charge in [-0.25, -0.2) is 0 Å². The van der Waals surface area contributed by atoms with Gasteiger partial charge in [-0.15, -0.1) is 11.3 Å². The summed E-state index contributed by atoms with van der Waals surface area (Å²) in [5, 5.41) is 3.99. The standard InChI is InChI=1S/C12H13ClN2S/c1-8-3-4-11(16-8)12(14-2)9-5-6-15-7-10(9)13/h3-7,12,14H,1-2H3. The van der Waals surface area contributed by atoms with Gasteiger partial charge in [-0.05, 0) is 37.7 Å². The number of hydrogen-bond donors (Lipinski definition) is 1. The van der Waals surface area contributed by atoms with E-state index in [9.17, 15) is 0 Å². The van der Waals surface area contributed by atoms with Gasteiger partial charge in [0.2, 0.25) is 0 Å². The maximum absolute atomic E-state index is 6.16. The van der Waals surface area contributed by atoms with Crippen molar-refractivity contribution in [1.29, 1.82) is 0 Å². The van der Waals surface area contributed by atoms with Crippen LogP contribution in [0.1, 0.15) is 21.4 Å². The lowest BCUT2D eigenvalue weighted by atomic mass is 10.1. The largest absolute Gasteiger partial charge is 0.309 e. The number of thiophene rings is 1. The van der Waals surface area contributed by atoms with E-state index >= 15 is 0 Å². The van der Waals surface area contributed by atoms with E-state index in [4.69, 9.17) is 11.6 Å². The van der Waals surface area contributed by atoms with Crippen molar-refractivity contribution >= 4 is 22.9 Å². The van der Waals surface area contributed by atoms with Crippen molar-refractivity contribution in [3.63, 3.8) is 0 Å². The Balaban J connectivity index is 2.40. The normalized spacial score (nSPS) is 12.7. The van der Waals surface area contributed by atoms with Crippen LogP contribution in [0.5, 0.6) is 0 Å². The molecule has 2 heterocycles. The molecule has 0 bridgehead atoms. The van der Waals surface area contributed by atoms with Crippen molar-refractivity contribution in [2.75, 3.05) is 7.05 Å². The summed E-state index contributed by atoms with van der Waals surface area (Å²) in [5.41, 5.74) is 1.07. The Kier molecular flexibility index (Phi) is 3.59. The quantitative estimate of drug-likeness (QED) is 0.906. The second kappa shape index (κ2) is 4.95. The Hall–Kier alpha value is -0.900. The summed E-state index contributed by atoms with van der Waals surface area (Å²) in [4.78, 5) is 6.58.